The van der Waals surface area contributed by atoms with Crippen molar-refractivity contribution in [3.8, 4) is 5.75 Å². The molecule has 0 bridgehead atoms. The Hall–Kier alpha value is -3.63. The zero-order chi connectivity index (χ0) is 28.8. The number of ether oxygens (including phenoxy) is 1. The third kappa shape index (κ3) is 5.01. The Balaban J connectivity index is 1.43. The summed E-state index contributed by atoms with van der Waals surface area (Å²) < 4.78 is 46.1. The summed E-state index contributed by atoms with van der Waals surface area (Å²) in [5.74, 6) is -1.37. The predicted molar refractivity (Wildman–Crippen MR) is 142 cm³/mol. The number of halogens is 3. The molecular formula is C29H34F3N5O3. The Labute approximate surface area is 231 Å². The lowest BCUT2D eigenvalue weighted by Gasteiger charge is -2.40. The summed E-state index contributed by atoms with van der Waals surface area (Å²) >= 11 is 0. The maximum atomic E-state index is 13.6. The maximum absolute atomic E-state index is 13.6. The Kier molecular flexibility index (Phi) is 7.26. The van der Waals surface area contributed by atoms with Gasteiger partial charge in [0, 0.05) is 30.3 Å². The highest BCUT2D eigenvalue weighted by atomic mass is 19.4. The summed E-state index contributed by atoms with van der Waals surface area (Å²) in [5, 5.41) is 2.86. The van der Waals surface area contributed by atoms with Gasteiger partial charge in [-0.25, -0.2) is 4.99 Å². The predicted octanol–water partition coefficient (Wildman–Crippen LogP) is 4.68. The Morgan fingerprint density at radius 1 is 1.23 bits per heavy atom. The molecule has 2 aromatic rings. The first kappa shape index (κ1) is 27.9. The molecule has 8 nitrogen and oxygen atoms in total. The minimum absolute atomic E-state index is 0.105. The topological polar surface area (TPSA) is 110 Å². The molecule has 1 aromatic carbocycles. The van der Waals surface area contributed by atoms with Gasteiger partial charge in [-0.2, -0.15) is 13.2 Å². The number of hydrogen-bond acceptors (Lipinski definition) is 6. The van der Waals surface area contributed by atoms with E-state index in [9.17, 15) is 22.8 Å². The number of pyridine rings is 1. The number of fused-ring (bicyclic) bond motifs is 1. The molecule has 0 saturated heterocycles. The van der Waals surface area contributed by atoms with Crippen molar-refractivity contribution >= 4 is 17.8 Å². The number of aliphatic imine (C=N–C) groups is 1. The summed E-state index contributed by atoms with van der Waals surface area (Å²) in [6, 6.07) is 8.57. The molecule has 6 atom stereocenters. The minimum Gasteiger partial charge on any atom is -0.480 e. The Bertz CT molecular complexity index is 1300. The van der Waals surface area contributed by atoms with Gasteiger partial charge in [-0.05, 0) is 42.4 Å². The van der Waals surface area contributed by atoms with Gasteiger partial charge in [0.1, 0.15) is 5.75 Å². The van der Waals surface area contributed by atoms with Crippen LogP contribution in [0.1, 0.15) is 69.7 Å². The number of benzene rings is 1. The minimum atomic E-state index is -4.57. The van der Waals surface area contributed by atoms with Crippen molar-refractivity contribution in [1.82, 2.24) is 15.2 Å². The van der Waals surface area contributed by atoms with Crippen LogP contribution in [0.5, 0.6) is 5.75 Å². The molecule has 1 aromatic heterocycles. The summed E-state index contributed by atoms with van der Waals surface area (Å²) in [6.45, 7) is 5.85. The standard InChI is InChI=1S/C29H34F3N5O3/c1-4-28(5-2)14-22(38)37(27(33)36-28)25(17-9-8-12-34-15-17)23-16(3)24(23)26(39)35-19-13-21(29(30,31)32)40-20-11-7-6-10-18(19)20/h6-12,15-16,19,21,23-25H,4-5,13-14H2,1-3H3,(H2,33,36)(H,35,39)/t16?,19-,21+,23-,24-,25?/m0/s1. The van der Waals surface area contributed by atoms with Crippen molar-refractivity contribution in [2.45, 2.75) is 76.4 Å². The van der Waals surface area contributed by atoms with Crippen LogP contribution in [-0.2, 0) is 9.59 Å². The normalized spacial score (nSPS) is 28.1. The quantitative estimate of drug-likeness (QED) is 0.514. The molecule has 0 spiro atoms. The van der Waals surface area contributed by atoms with Crippen molar-refractivity contribution < 1.29 is 27.5 Å². The molecule has 2 unspecified atom stereocenters. The fourth-order valence-corrected chi connectivity index (χ4v) is 6.30. The number of nitrogens with one attached hydrogen (secondary N) is 1. The number of para-hydroxylation sites is 1. The fraction of sp³-hybridized carbons (Fsp3) is 0.517. The van der Waals surface area contributed by atoms with Crippen LogP contribution in [0.4, 0.5) is 13.2 Å². The van der Waals surface area contributed by atoms with E-state index in [2.05, 4.69) is 10.3 Å². The summed E-state index contributed by atoms with van der Waals surface area (Å²) in [4.78, 5) is 37.7. The molecule has 1 fully saturated rings. The molecule has 3 N–H and O–H groups in total. The Morgan fingerprint density at radius 2 is 1.95 bits per heavy atom. The first-order valence-electron chi connectivity index (χ1n) is 13.7. The molecule has 40 heavy (non-hydrogen) atoms. The van der Waals surface area contributed by atoms with Gasteiger partial charge in [0.05, 0.1) is 24.0 Å². The number of carbonyl (C=O) groups excluding carboxylic acids is 2. The highest BCUT2D eigenvalue weighted by Crippen LogP contribution is 2.56. The third-order valence-corrected chi connectivity index (χ3v) is 8.78. The molecule has 5 rings (SSSR count). The van der Waals surface area contributed by atoms with Gasteiger partial charge in [0.15, 0.2) is 12.1 Å². The molecule has 1 saturated carbocycles. The van der Waals surface area contributed by atoms with Crippen LogP contribution in [0.3, 0.4) is 0 Å². The van der Waals surface area contributed by atoms with Crippen LogP contribution in [0.2, 0.25) is 0 Å². The van der Waals surface area contributed by atoms with E-state index in [4.69, 9.17) is 15.5 Å². The second-order valence-corrected chi connectivity index (χ2v) is 11.0. The molecule has 3 aliphatic rings. The second kappa shape index (κ2) is 10.4. The van der Waals surface area contributed by atoms with Crippen LogP contribution in [-0.4, -0.2) is 45.5 Å². The van der Waals surface area contributed by atoms with E-state index in [0.717, 1.165) is 5.56 Å². The van der Waals surface area contributed by atoms with Crippen LogP contribution < -0.4 is 15.8 Å². The van der Waals surface area contributed by atoms with Crippen LogP contribution >= 0.6 is 0 Å². The van der Waals surface area contributed by atoms with Gasteiger partial charge in [-0.3, -0.25) is 19.5 Å². The van der Waals surface area contributed by atoms with E-state index < -0.39 is 42.2 Å². The molecular weight excluding hydrogens is 523 g/mol. The van der Waals surface area contributed by atoms with E-state index in [1.54, 1.807) is 36.7 Å². The summed E-state index contributed by atoms with van der Waals surface area (Å²) in [5.41, 5.74) is 7.10. The molecule has 3 heterocycles. The number of hydrogen-bond donors (Lipinski definition) is 2. The van der Waals surface area contributed by atoms with Crippen molar-refractivity contribution in [3.05, 3.63) is 59.9 Å². The van der Waals surface area contributed by atoms with Crippen molar-refractivity contribution in [2.75, 3.05) is 0 Å². The number of nitrogens with two attached hydrogens (primary N) is 1. The van der Waals surface area contributed by atoms with Crippen LogP contribution in [0, 0.1) is 17.8 Å². The van der Waals surface area contributed by atoms with E-state index in [1.807, 2.05) is 26.8 Å². The average Bonchev–Trinajstić information content (AvgIpc) is 3.60. The highest BCUT2D eigenvalue weighted by molar-refractivity contribution is 6.00. The zero-order valence-corrected chi connectivity index (χ0v) is 22.7. The first-order chi connectivity index (χ1) is 19.0. The third-order valence-electron chi connectivity index (χ3n) is 8.78. The van der Waals surface area contributed by atoms with Crippen molar-refractivity contribution in [3.63, 3.8) is 0 Å². The van der Waals surface area contributed by atoms with E-state index >= 15 is 0 Å². The first-order valence-corrected chi connectivity index (χ1v) is 13.7. The van der Waals surface area contributed by atoms with Crippen LogP contribution in [0.15, 0.2) is 53.8 Å². The molecule has 2 aliphatic heterocycles. The number of nitrogens with zero attached hydrogens (tertiary/aromatic N) is 3. The maximum Gasteiger partial charge on any atom is 0.425 e. The van der Waals surface area contributed by atoms with Gasteiger partial charge in [-0.15, -0.1) is 0 Å². The number of guanidine groups is 1. The number of rotatable bonds is 7. The SMILES string of the molecule is CCC1(CC)CC(=O)N(C(c2cccnc2)[C@H]2C(C)[C@@H]2C(=O)N[C@H]2C[C@H](C(F)(F)F)Oc3ccccc32)C(N)=N1. The zero-order valence-electron chi connectivity index (χ0n) is 22.7. The van der Waals surface area contributed by atoms with Gasteiger partial charge < -0.3 is 15.8 Å². The number of carbonyl (C=O) groups is 2. The smallest absolute Gasteiger partial charge is 0.425 e. The van der Waals surface area contributed by atoms with Crippen molar-refractivity contribution in [2.24, 2.45) is 28.5 Å². The van der Waals surface area contributed by atoms with E-state index in [-0.39, 0.29) is 41.8 Å². The summed E-state index contributed by atoms with van der Waals surface area (Å²) in [7, 11) is 0. The number of aromatic nitrogens is 1. The van der Waals surface area contributed by atoms with Gasteiger partial charge in [0.2, 0.25) is 11.8 Å². The van der Waals surface area contributed by atoms with Gasteiger partial charge in [0.25, 0.3) is 0 Å². The number of alkyl halides is 3. The van der Waals surface area contributed by atoms with Gasteiger partial charge >= 0.3 is 6.18 Å². The average molecular weight is 558 g/mol. The fourth-order valence-electron chi connectivity index (χ4n) is 6.30. The number of amides is 2. The van der Waals surface area contributed by atoms with E-state index in [1.165, 1.54) is 11.0 Å². The molecule has 1 aliphatic carbocycles. The largest absolute Gasteiger partial charge is 0.480 e. The molecule has 2 amide bonds. The molecule has 214 valence electrons. The highest BCUT2D eigenvalue weighted by Gasteiger charge is 2.59. The monoisotopic (exact) mass is 557 g/mol. The summed E-state index contributed by atoms with van der Waals surface area (Å²) in [6.07, 6.45) is -2.23. The Morgan fingerprint density at radius 3 is 2.58 bits per heavy atom. The second-order valence-electron chi connectivity index (χ2n) is 11.0. The van der Waals surface area contributed by atoms with Crippen molar-refractivity contribution in [1.29, 1.82) is 0 Å². The lowest BCUT2D eigenvalue weighted by molar-refractivity contribution is -0.201. The van der Waals surface area contributed by atoms with Gasteiger partial charge in [-0.1, -0.05) is 45.0 Å². The lowest BCUT2D eigenvalue weighted by Crippen LogP contribution is -2.53. The van der Waals surface area contributed by atoms with Crippen LogP contribution in [0.25, 0.3) is 0 Å². The molecule has 11 heteroatoms. The lowest BCUT2D eigenvalue weighted by atomic mass is 9.87. The van der Waals surface area contributed by atoms with E-state index in [0.29, 0.717) is 18.4 Å². The molecule has 0 radical (unpaired) electrons.